The molecule has 140 valence electrons. The fourth-order valence-electron chi connectivity index (χ4n) is 2.99. The highest BCUT2D eigenvalue weighted by molar-refractivity contribution is 5.92. The number of halogens is 2. The Kier molecular flexibility index (Phi) is 6.50. The van der Waals surface area contributed by atoms with Gasteiger partial charge >= 0.3 is 0 Å². The van der Waals surface area contributed by atoms with E-state index < -0.39 is 17.2 Å². The summed E-state index contributed by atoms with van der Waals surface area (Å²) in [4.78, 5) is 24.8. The average molecular weight is 381 g/mol. The molecule has 26 heavy (non-hydrogen) atoms. The van der Waals surface area contributed by atoms with Gasteiger partial charge in [-0.25, -0.2) is 9.07 Å². The molecule has 2 aromatic rings. The topological polar surface area (TPSA) is 76.0 Å². The Balaban J connectivity index is 0.00000243. The fourth-order valence-corrected chi connectivity index (χ4v) is 2.99. The second kappa shape index (κ2) is 8.42. The van der Waals surface area contributed by atoms with Crippen LogP contribution in [0, 0.1) is 18.7 Å². The Morgan fingerprint density at radius 1 is 1.38 bits per heavy atom. The predicted octanol–water partition coefficient (Wildman–Crippen LogP) is 1.83. The Labute approximate surface area is 157 Å². The van der Waals surface area contributed by atoms with Gasteiger partial charge in [-0.3, -0.25) is 9.59 Å². The Morgan fingerprint density at radius 2 is 2.12 bits per heavy atom. The molecule has 2 unspecified atom stereocenters. The summed E-state index contributed by atoms with van der Waals surface area (Å²) in [7, 11) is 0. The summed E-state index contributed by atoms with van der Waals surface area (Å²) in [5.41, 5.74) is -0.0493. The number of nitrogens with one attached hydrogen (secondary N) is 2. The van der Waals surface area contributed by atoms with Gasteiger partial charge in [0.15, 0.2) is 5.69 Å². The standard InChI is InChI=1S/C18H21FN4O2.ClH/c1-11-7-8-20-10-14(11)21-18(25)17-16(24)9-12(2)23(22-17)15-6-4-3-5-13(15)19;/h3-6,9,11,14,20H,7-8,10H2,1-2H3,(H,21,25);1H. The van der Waals surface area contributed by atoms with Crippen LogP contribution in [0.4, 0.5) is 4.39 Å². The van der Waals surface area contributed by atoms with Crippen LogP contribution < -0.4 is 16.1 Å². The number of nitrogens with zero attached hydrogens (tertiary/aromatic N) is 2. The summed E-state index contributed by atoms with van der Waals surface area (Å²) in [6.07, 6.45) is 0.950. The first-order chi connectivity index (χ1) is 12.0. The van der Waals surface area contributed by atoms with Crippen LogP contribution in [0.15, 0.2) is 35.1 Å². The number of hydrogen-bond donors (Lipinski definition) is 2. The van der Waals surface area contributed by atoms with Gasteiger partial charge in [0.1, 0.15) is 11.5 Å². The first kappa shape index (κ1) is 20.1. The van der Waals surface area contributed by atoms with Crippen LogP contribution in [0.3, 0.4) is 0 Å². The lowest BCUT2D eigenvalue weighted by Gasteiger charge is -2.30. The number of aryl methyl sites for hydroxylation is 1. The van der Waals surface area contributed by atoms with Crippen molar-refractivity contribution in [1.82, 2.24) is 20.4 Å². The number of carbonyl (C=O) groups is 1. The van der Waals surface area contributed by atoms with Crippen molar-refractivity contribution in [2.45, 2.75) is 26.3 Å². The number of carbonyl (C=O) groups excluding carboxylic acids is 1. The maximum absolute atomic E-state index is 14.1. The molecule has 6 nitrogen and oxygen atoms in total. The third kappa shape index (κ3) is 4.11. The van der Waals surface area contributed by atoms with Gasteiger partial charge in [0.2, 0.25) is 5.43 Å². The molecule has 2 atom stereocenters. The summed E-state index contributed by atoms with van der Waals surface area (Å²) >= 11 is 0. The maximum Gasteiger partial charge on any atom is 0.276 e. The molecule has 0 radical (unpaired) electrons. The van der Waals surface area contributed by atoms with Gasteiger partial charge in [-0.2, -0.15) is 5.10 Å². The summed E-state index contributed by atoms with van der Waals surface area (Å²) in [5, 5.41) is 10.2. The normalized spacial score (nSPS) is 19.5. The van der Waals surface area contributed by atoms with E-state index in [0.29, 0.717) is 18.2 Å². The second-order valence-electron chi connectivity index (χ2n) is 6.41. The molecule has 0 spiro atoms. The summed E-state index contributed by atoms with van der Waals surface area (Å²) < 4.78 is 15.4. The minimum absolute atomic E-state index is 0. The Bertz CT molecular complexity index is 855. The van der Waals surface area contributed by atoms with Crippen molar-refractivity contribution in [2.24, 2.45) is 5.92 Å². The molecule has 2 N–H and O–H groups in total. The van der Waals surface area contributed by atoms with Gasteiger partial charge in [-0.15, -0.1) is 12.4 Å². The SMILES string of the molecule is Cc1cc(=O)c(C(=O)NC2CNCCC2C)nn1-c1ccccc1F.Cl. The monoisotopic (exact) mass is 380 g/mol. The number of para-hydroxylation sites is 1. The van der Waals surface area contributed by atoms with Crippen LogP contribution >= 0.6 is 12.4 Å². The van der Waals surface area contributed by atoms with E-state index in [2.05, 4.69) is 22.7 Å². The van der Waals surface area contributed by atoms with Crippen LogP contribution in [-0.4, -0.2) is 34.8 Å². The Morgan fingerprint density at radius 3 is 2.81 bits per heavy atom. The summed E-state index contributed by atoms with van der Waals surface area (Å²) in [5.74, 6) is -0.696. The number of rotatable bonds is 3. The molecule has 1 saturated heterocycles. The fraction of sp³-hybridized carbons (Fsp3) is 0.389. The van der Waals surface area contributed by atoms with Crippen molar-refractivity contribution < 1.29 is 9.18 Å². The number of hydrogen-bond acceptors (Lipinski definition) is 4. The van der Waals surface area contributed by atoms with Crippen LogP contribution in [0.1, 0.15) is 29.5 Å². The molecule has 1 aliphatic heterocycles. The minimum atomic E-state index is -0.532. The Hall–Kier alpha value is -2.25. The number of benzene rings is 1. The zero-order chi connectivity index (χ0) is 18.0. The molecule has 0 aliphatic carbocycles. The van der Waals surface area contributed by atoms with Crippen molar-refractivity contribution in [1.29, 1.82) is 0 Å². The van der Waals surface area contributed by atoms with E-state index in [1.165, 1.54) is 16.8 Å². The maximum atomic E-state index is 14.1. The van der Waals surface area contributed by atoms with E-state index in [4.69, 9.17) is 0 Å². The van der Waals surface area contributed by atoms with E-state index in [-0.39, 0.29) is 29.8 Å². The average Bonchev–Trinajstić information content (AvgIpc) is 2.58. The smallest absolute Gasteiger partial charge is 0.276 e. The molecule has 1 aliphatic rings. The highest BCUT2D eigenvalue weighted by atomic mass is 35.5. The van der Waals surface area contributed by atoms with E-state index in [1.54, 1.807) is 25.1 Å². The van der Waals surface area contributed by atoms with Gasteiger partial charge in [0.25, 0.3) is 5.91 Å². The molecule has 1 amide bonds. The zero-order valence-electron chi connectivity index (χ0n) is 14.7. The zero-order valence-corrected chi connectivity index (χ0v) is 15.5. The number of aromatic nitrogens is 2. The van der Waals surface area contributed by atoms with Crippen LogP contribution in [0.2, 0.25) is 0 Å². The van der Waals surface area contributed by atoms with E-state index in [1.807, 2.05) is 0 Å². The lowest BCUT2D eigenvalue weighted by Crippen LogP contribution is -2.51. The molecule has 1 aromatic heterocycles. The molecule has 8 heteroatoms. The van der Waals surface area contributed by atoms with Crippen LogP contribution in [0.5, 0.6) is 0 Å². The molecular formula is C18H22ClFN4O2. The quantitative estimate of drug-likeness (QED) is 0.851. The first-order valence-corrected chi connectivity index (χ1v) is 8.35. The highest BCUT2D eigenvalue weighted by Gasteiger charge is 2.25. The number of amides is 1. The molecule has 2 heterocycles. The van der Waals surface area contributed by atoms with E-state index in [0.717, 1.165) is 13.0 Å². The molecular weight excluding hydrogens is 359 g/mol. The van der Waals surface area contributed by atoms with Gasteiger partial charge in [-0.1, -0.05) is 19.1 Å². The van der Waals surface area contributed by atoms with Crippen molar-refractivity contribution in [3.8, 4) is 5.69 Å². The molecule has 3 rings (SSSR count). The molecule has 1 aromatic carbocycles. The lowest BCUT2D eigenvalue weighted by molar-refractivity contribution is 0.0907. The summed E-state index contributed by atoms with van der Waals surface area (Å²) in [6.45, 7) is 5.28. The largest absolute Gasteiger partial charge is 0.346 e. The van der Waals surface area contributed by atoms with E-state index >= 15 is 0 Å². The number of piperidine rings is 1. The van der Waals surface area contributed by atoms with Crippen molar-refractivity contribution in [3.05, 3.63) is 57.8 Å². The third-order valence-corrected chi connectivity index (χ3v) is 4.55. The second-order valence-corrected chi connectivity index (χ2v) is 6.41. The van der Waals surface area contributed by atoms with E-state index in [9.17, 15) is 14.0 Å². The highest BCUT2D eigenvalue weighted by Crippen LogP contribution is 2.14. The van der Waals surface area contributed by atoms with Gasteiger partial charge < -0.3 is 10.6 Å². The molecule has 0 bridgehead atoms. The van der Waals surface area contributed by atoms with Crippen LogP contribution in [-0.2, 0) is 0 Å². The van der Waals surface area contributed by atoms with Crippen molar-refractivity contribution >= 4 is 18.3 Å². The van der Waals surface area contributed by atoms with Gasteiger partial charge in [-0.05, 0) is 37.9 Å². The van der Waals surface area contributed by atoms with Crippen molar-refractivity contribution in [2.75, 3.05) is 13.1 Å². The molecule has 0 saturated carbocycles. The lowest BCUT2D eigenvalue weighted by atomic mass is 9.95. The van der Waals surface area contributed by atoms with Crippen LogP contribution in [0.25, 0.3) is 5.69 Å². The van der Waals surface area contributed by atoms with Gasteiger partial charge in [0, 0.05) is 24.3 Å². The molecule has 1 fully saturated rings. The minimum Gasteiger partial charge on any atom is -0.346 e. The van der Waals surface area contributed by atoms with Gasteiger partial charge in [0.05, 0.1) is 0 Å². The van der Waals surface area contributed by atoms with Crippen molar-refractivity contribution in [3.63, 3.8) is 0 Å². The third-order valence-electron chi connectivity index (χ3n) is 4.55. The summed E-state index contributed by atoms with van der Waals surface area (Å²) in [6, 6.07) is 7.34. The first-order valence-electron chi connectivity index (χ1n) is 8.35. The predicted molar refractivity (Wildman–Crippen MR) is 99.7 cm³/mol.